The van der Waals surface area contributed by atoms with E-state index in [1.807, 2.05) is 84.0 Å². The van der Waals surface area contributed by atoms with E-state index in [-0.39, 0.29) is 24.8 Å². The molecule has 2 aromatic rings. The van der Waals surface area contributed by atoms with Crippen molar-refractivity contribution in [3.8, 4) is 0 Å². The number of anilines is 1. The second-order valence-electron chi connectivity index (χ2n) is 10.3. The molecular weight excluding hydrogens is 486 g/mol. The topological polar surface area (TPSA) is 86.8 Å². The van der Waals surface area contributed by atoms with E-state index >= 15 is 0 Å². The molecule has 37 heavy (non-hydrogen) atoms. The third-order valence-electron chi connectivity index (χ3n) is 6.32. The number of nitrogens with zero attached hydrogens (tertiary/aromatic N) is 2. The summed E-state index contributed by atoms with van der Waals surface area (Å²) in [6.07, 6.45) is 2.15. The number of hydrogen-bond acceptors (Lipinski definition) is 4. The molecular formula is C29H43N3O4S. The van der Waals surface area contributed by atoms with Gasteiger partial charge in [0.1, 0.15) is 6.04 Å². The van der Waals surface area contributed by atoms with E-state index < -0.39 is 16.1 Å². The third kappa shape index (κ3) is 9.18. The Morgan fingerprint density at radius 2 is 1.62 bits per heavy atom. The highest BCUT2D eigenvalue weighted by Gasteiger charge is 2.29. The van der Waals surface area contributed by atoms with Crippen molar-refractivity contribution in [2.24, 2.45) is 5.92 Å². The van der Waals surface area contributed by atoms with Gasteiger partial charge in [-0.2, -0.15) is 0 Å². The molecule has 2 amide bonds. The number of hydrogen-bond donors (Lipinski definition) is 1. The highest BCUT2D eigenvalue weighted by molar-refractivity contribution is 7.92. The van der Waals surface area contributed by atoms with Crippen LogP contribution in [0.2, 0.25) is 0 Å². The monoisotopic (exact) mass is 529 g/mol. The molecule has 204 valence electrons. The number of carbonyl (C=O) groups is 2. The van der Waals surface area contributed by atoms with Gasteiger partial charge in [-0.1, -0.05) is 51.1 Å². The van der Waals surface area contributed by atoms with Crippen LogP contribution in [0.1, 0.15) is 62.3 Å². The Bertz CT molecular complexity index is 1160. The van der Waals surface area contributed by atoms with Crippen molar-refractivity contribution >= 4 is 27.5 Å². The fraction of sp³-hybridized carbons (Fsp3) is 0.517. The third-order valence-corrected chi connectivity index (χ3v) is 7.51. The zero-order chi connectivity index (χ0) is 27.8. The number of carbonyl (C=O) groups excluding carboxylic acids is 2. The molecule has 1 N–H and O–H groups in total. The summed E-state index contributed by atoms with van der Waals surface area (Å²) < 4.78 is 26.5. The minimum absolute atomic E-state index is 0.136. The average Bonchev–Trinajstić information content (AvgIpc) is 2.79. The Morgan fingerprint density at radius 1 is 1.00 bits per heavy atom. The number of amides is 2. The van der Waals surface area contributed by atoms with Crippen molar-refractivity contribution in [2.45, 2.75) is 73.4 Å². The number of rotatable bonds is 13. The molecule has 8 heteroatoms. The van der Waals surface area contributed by atoms with E-state index in [1.54, 1.807) is 4.90 Å². The first kappa shape index (κ1) is 30.4. The Hall–Kier alpha value is -2.87. The van der Waals surface area contributed by atoms with Crippen LogP contribution >= 0.6 is 0 Å². The summed E-state index contributed by atoms with van der Waals surface area (Å²) >= 11 is 0. The molecule has 2 aromatic carbocycles. The van der Waals surface area contributed by atoms with E-state index in [0.29, 0.717) is 37.5 Å². The van der Waals surface area contributed by atoms with Gasteiger partial charge in [-0.15, -0.1) is 0 Å². The Morgan fingerprint density at radius 3 is 2.16 bits per heavy atom. The summed E-state index contributed by atoms with van der Waals surface area (Å²) in [6.45, 7) is 12.9. The minimum atomic E-state index is -3.53. The second kappa shape index (κ2) is 13.6. The molecule has 0 spiro atoms. The van der Waals surface area contributed by atoms with Crippen LogP contribution < -0.4 is 9.62 Å². The molecule has 0 fully saturated rings. The van der Waals surface area contributed by atoms with Gasteiger partial charge >= 0.3 is 0 Å². The van der Waals surface area contributed by atoms with Gasteiger partial charge in [-0.25, -0.2) is 8.42 Å². The number of sulfonamides is 1. The molecule has 0 aliphatic rings. The molecule has 0 aliphatic heterocycles. The summed E-state index contributed by atoms with van der Waals surface area (Å²) in [4.78, 5) is 28.3. The number of benzene rings is 2. The summed E-state index contributed by atoms with van der Waals surface area (Å²) in [5.41, 5.74) is 4.59. The van der Waals surface area contributed by atoms with Crippen molar-refractivity contribution in [1.82, 2.24) is 10.2 Å². The zero-order valence-electron chi connectivity index (χ0n) is 23.4. The normalized spacial score (nSPS) is 12.3. The van der Waals surface area contributed by atoms with Crippen LogP contribution in [0.3, 0.4) is 0 Å². The molecule has 2 rings (SSSR count). The molecule has 0 bridgehead atoms. The van der Waals surface area contributed by atoms with Crippen molar-refractivity contribution in [3.63, 3.8) is 0 Å². The molecule has 0 radical (unpaired) electrons. The summed E-state index contributed by atoms with van der Waals surface area (Å²) in [5.74, 6) is -0.0241. The van der Waals surface area contributed by atoms with Gasteiger partial charge < -0.3 is 10.2 Å². The number of aryl methyl sites for hydroxylation is 3. The van der Waals surface area contributed by atoms with E-state index in [2.05, 4.69) is 5.32 Å². The van der Waals surface area contributed by atoms with Crippen molar-refractivity contribution < 1.29 is 18.0 Å². The molecule has 0 aromatic heterocycles. The molecule has 1 atom stereocenters. The van der Waals surface area contributed by atoms with E-state index in [9.17, 15) is 18.0 Å². The summed E-state index contributed by atoms with van der Waals surface area (Å²) in [6, 6.07) is 12.9. The van der Waals surface area contributed by atoms with Gasteiger partial charge in [0, 0.05) is 26.1 Å². The second-order valence-corrected chi connectivity index (χ2v) is 12.2. The zero-order valence-corrected chi connectivity index (χ0v) is 24.2. The number of nitrogens with one attached hydrogen (secondary N) is 1. The predicted molar refractivity (Wildman–Crippen MR) is 151 cm³/mol. The van der Waals surface area contributed by atoms with Crippen LogP contribution in [0.5, 0.6) is 0 Å². The van der Waals surface area contributed by atoms with Gasteiger partial charge in [0.2, 0.25) is 21.8 Å². The Balaban J connectivity index is 2.24. The molecule has 0 aliphatic carbocycles. The van der Waals surface area contributed by atoms with E-state index in [1.165, 1.54) is 10.6 Å². The van der Waals surface area contributed by atoms with Gasteiger partial charge in [0.05, 0.1) is 11.9 Å². The largest absolute Gasteiger partial charge is 0.354 e. The molecule has 0 saturated carbocycles. The highest BCUT2D eigenvalue weighted by atomic mass is 32.2. The maximum absolute atomic E-state index is 13.6. The molecule has 0 saturated heterocycles. The summed E-state index contributed by atoms with van der Waals surface area (Å²) in [7, 11) is -3.53. The quantitative estimate of drug-likeness (QED) is 0.406. The van der Waals surface area contributed by atoms with Crippen molar-refractivity contribution in [1.29, 1.82) is 0 Å². The standard InChI is InChI=1S/C29H43N3O4S/c1-8-27(29(34)30-19-21(2)3)31(20-25-13-10-9-12-24(25)6)28(33)14-11-15-32(37(7,35)36)26-17-22(4)16-23(5)18-26/h9-10,12-13,16-18,21,27H,8,11,14-15,19-20H2,1-7H3,(H,30,34)/t27-/m1/s1. The smallest absolute Gasteiger partial charge is 0.242 e. The Kier molecular flexibility index (Phi) is 11.2. The average molecular weight is 530 g/mol. The lowest BCUT2D eigenvalue weighted by molar-refractivity contribution is -0.141. The van der Waals surface area contributed by atoms with Crippen molar-refractivity contribution in [2.75, 3.05) is 23.7 Å². The van der Waals surface area contributed by atoms with E-state index in [0.717, 1.165) is 22.3 Å². The summed E-state index contributed by atoms with van der Waals surface area (Å²) in [5, 5.41) is 2.97. The van der Waals surface area contributed by atoms with Crippen LogP contribution in [0.15, 0.2) is 42.5 Å². The van der Waals surface area contributed by atoms with Crippen LogP contribution in [0.4, 0.5) is 5.69 Å². The van der Waals surface area contributed by atoms with Crippen LogP contribution in [-0.4, -0.2) is 50.5 Å². The minimum Gasteiger partial charge on any atom is -0.354 e. The van der Waals surface area contributed by atoms with Gasteiger partial charge in [-0.3, -0.25) is 13.9 Å². The predicted octanol–water partition coefficient (Wildman–Crippen LogP) is 4.74. The van der Waals surface area contributed by atoms with E-state index in [4.69, 9.17) is 0 Å². The van der Waals surface area contributed by atoms with Crippen LogP contribution in [0, 0.1) is 26.7 Å². The lowest BCUT2D eigenvalue weighted by atomic mass is 10.0. The maximum Gasteiger partial charge on any atom is 0.242 e. The Labute approximate surface area is 223 Å². The van der Waals surface area contributed by atoms with Crippen LogP contribution in [0.25, 0.3) is 0 Å². The SMILES string of the molecule is CC[C@H](C(=O)NCC(C)C)N(Cc1ccccc1C)C(=O)CCCN(c1cc(C)cc(C)c1)S(C)(=O)=O. The first-order valence-electron chi connectivity index (χ1n) is 13.0. The van der Waals surface area contributed by atoms with Gasteiger partial charge in [0.25, 0.3) is 0 Å². The highest BCUT2D eigenvalue weighted by Crippen LogP contribution is 2.23. The molecule has 0 heterocycles. The van der Waals surface area contributed by atoms with Gasteiger partial charge in [-0.05, 0) is 73.9 Å². The first-order chi connectivity index (χ1) is 17.3. The molecule has 7 nitrogen and oxygen atoms in total. The first-order valence-corrected chi connectivity index (χ1v) is 14.9. The van der Waals surface area contributed by atoms with Gasteiger partial charge in [0.15, 0.2) is 0 Å². The fourth-order valence-electron chi connectivity index (χ4n) is 4.41. The molecule has 0 unspecified atom stereocenters. The maximum atomic E-state index is 13.6. The van der Waals surface area contributed by atoms with Crippen LogP contribution in [-0.2, 0) is 26.2 Å². The fourth-order valence-corrected chi connectivity index (χ4v) is 5.36. The lowest BCUT2D eigenvalue weighted by Crippen LogP contribution is -2.49. The lowest BCUT2D eigenvalue weighted by Gasteiger charge is -2.32. The van der Waals surface area contributed by atoms with Crippen molar-refractivity contribution in [3.05, 3.63) is 64.7 Å².